The average Bonchev–Trinajstić information content (AvgIpc) is 2.72. The summed E-state index contributed by atoms with van der Waals surface area (Å²) in [7, 11) is 0. The molecule has 134 valence electrons. The molecule has 0 radical (unpaired) electrons. The monoisotopic (exact) mass is 347 g/mol. The molecule has 26 heavy (non-hydrogen) atoms. The van der Waals surface area contributed by atoms with E-state index < -0.39 is 0 Å². The van der Waals surface area contributed by atoms with Gasteiger partial charge in [0.1, 0.15) is 0 Å². The molecule has 1 aromatic heterocycles. The van der Waals surface area contributed by atoms with Crippen LogP contribution in [0.5, 0.6) is 0 Å². The van der Waals surface area contributed by atoms with E-state index in [0.717, 1.165) is 34.6 Å². The van der Waals surface area contributed by atoms with E-state index in [1.807, 2.05) is 18.3 Å². The van der Waals surface area contributed by atoms with Crippen molar-refractivity contribution in [2.75, 3.05) is 10.6 Å². The molecule has 2 aliphatic rings. The summed E-state index contributed by atoms with van der Waals surface area (Å²) in [6.07, 6.45) is 5.04. The van der Waals surface area contributed by atoms with E-state index >= 15 is 0 Å². The number of hydrogen-bond donors (Lipinski definition) is 2. The Hall–Kier alpha value is -2.62. The minimum Gasteiger partial charge on any atom is -0.372 e. The molecule has 0 saturated heterocycles. The number of ketones is 1. The number of pyridine rings is 1. The van der Waals surface area contributed by atoms with Crippen LogP contribution in [0.25, 0.3) is 0 Å². The van der Waals surface area contributed by atoms with Crippen LogP contribution < -0.4 is 10.6 Å². The van der Waals surface area contributed by atoms with Gasteiger partial charge in [-0.3, -0.25) is 9.78 Å². The number of Topliss-reactive ketones (excluding diaryl/α,β-unsaturated/α-hetero) is 1. The topological polar surface area (TPSA) is 54.0 Å². The minimum atomic E-state index is -0.182. The predicted molar refractivity (Wildman–Crippen MR) is 105 cm³/mol. The van der Waals surface area contributed by atoms with Gasteiger partial charge in [-0.1, -0.05) is 19.9 Å². The number of rotatable bonds is 1. The van der Waals surface area contributed by atoms with Crippen molar-refractivity contribution in [2.45, 2.75) is 46.6 Å². The van der Waals surface area contributed by atoms with Gasteiger partial charge in [0.15, 0.2) is 5.78 Å². The zero-order valence-electron chi connectivity index (χ0n) is 15.8. The Bertz CT molecular complexity index is 912. The van der Waals surface area contributed by atoms with E-state index in [-0.39, 0.29) is 17.2 Å². The Kier molecular flexibility index (Phi) is 3.87. The molecule has 1 aromatic carbocycles. The predicted octanol–water partition coefficient (Wildman–Crippen LogP) is 4.92. The molecule has 2 aromatic rings. The van der Waals surface area contributed by atoms with E-state index in [1.165, 1.54) is 11.1 Å². The summed E-state index contributed by atoms with van der Waals surface area (Å²) < 4.78 is 0. The second-order valence-corrected chi connectivity index (χ2v) is 8.30. The van der Waals surface area contributed by atoms with E-state index in [0.29, 0.717) is 6.42 Å². The molecule has 4 heteroatoms. The molecular formula is C22H25N3O. The van der Waals surface area contributed by atoms with Crippen LogP contribution in [-0.2, 0) is 4.79 Å². The van der Waals surface area contributed by atoms with Gasteiger partial charge < -0.3 is 10.6 Å². The van der Waals surface area contributed by atoms with Crippen LogP contribution in [0.2, 0.25) is 0 Å². The Labute approximate surface area is 154 Å². The van der Waals surface area contributed by atoms with Crippen molar-refractivity contribution in [2.24, 2.45) is 5.41 Å². The first-order valence-corrected chi connectivity index (χ1v) is 9.15. The van der Waals surface area contributed by atoms with Gasteiger partial charge in [0.05, 0.1) is 17.4 Å². The van der Waals surface area contributed by atoms with E-state index in [4.69, 9.17) is 0 Å². The molecule has 4 nitrogen and oxygen atoms in total. The fourth-order valence-electron chi connectivity index (χ4n) is 4.01. The number of benzene rings is 1. The second kappa shape index (κ2) is 5.97. The number of allylic oxidation sites excluding steroid dienone is 1. The molecule has 0 unspecified atom stereocenters. The fraction of sp³-hybridized carbons (Fsp3) is 0.364. The minimum absolute atomic E-state index is 0.0351. The summed E-state index contributed by atoms with van der Waals surface area (Å²) in [5.74, 6) is 0.214. The van der Waals surface area contributed by atoms with Crippen LogP contribution in [0.3, 0.4) is 0 Å². The summed E-state index contributed by atoms with van der Waals surface area (Å²) >= 11 is 0. The molecule has 0 saturated carbocycles. The molecule has 1 aliphatic heterocycles. The van der Waals surface area contributed by atoms with Crippen LogP contribution in [0.4, 0.5) is 11.4 Å². The van der Waals surface area contributed by atoms with Crippen molar-refractivity contribution >= 4 is 17.2 Å². The summed E-state index contributed by atoms with van der Waals surface area (Å²) in [5.41, 5.74) is 7.40. The number of carbonyl (C=O) groups is 1. The molecule has 0 amide bonds. The van der Waals surface area contributed by atoms with Gasteiger partial charge in [-0.25, -0.2) is 0 Å². The summed E-state index contributed by atoms with van der Waals surface area (Å²) in [6.45, 7) is 8.55. The molecule has 0 fully saturated rings. The van der Waals surface area contributed by atoms with Crippen LogP contribution in [0.1, 0.15) is 49.4 Å². The van der Waals surface area contributed by atoms with Crippen molar-refractivity contribution in [1.29, 1.82) is 0 Å². The maximum atomic E-state index is 13.1. The van der Waals surface area contributed by atoms with Crippen LogP contribution >= 0.6 is 0 Å². The summed E-state index contributed by atoms with van der Waals surface area (Å²) in [5, 5.41) is 7.21. The normalized spacial score (nSPS) is 21.2. The summed E-state index contributed by atoms with van der Waals surface area (Å²) in [4.78, 5) is 17.4. The summed E-state index contributed by atoms with van der Waals surface area (Å²) in [6, 6.07) is 8.11. The molecule has 0 spiro atoms. The third kappa shape index (κ3) is 2.90. The molecule has 4 rings (SSSR count). The van der Waals surface area contributed by atoms with Crippen molar-refractivity contribution in [1.82, 2.24) is 4.98 Å². The van der Waals surface area contributed by atoms with E-state index in [1.54, 1.807) is 6.20 Å². The van der Waals surface area contributed by atoms with Crippen LogP contribution in [-0.4, -0.2) is 10.8 Å². The number of aromatic nitrogens is 1. The maximum absolute atomic E-state index is 13.1. The lowest BCUT2D eigenvalue weighted by molar-refractivity contribution is -0.118. The number of anilines is 2. The highest BCUT2D eigenvalue weighted by Crippen LogP contribution is 2.45. The first kappa shape index (κ1) is 16.8. The molecule has 0 bridgehead atoms. The van der Waals surface area contributed by atoms with Gasteiger partial charge in [0.2, 0.25) is 0 Å². The van der Waals surface area contributed by atoms with Crippen molar-refractivity contribution in [3.63, 3.8) is 0 Å². The number of fused-ring (bicyclic) bond motifs is 1. The first-order chi connectivity index (χ1) is 12.3. The van der Waals surface area contributed by atoms with Gasteiger partial charge in [0, 0.05) is 30.1 Å². The average molecular weight is 347 g/mol. The van der Waals surface area contributed by atoms with Crippen molar-refractivity contribution in [3.8, 4) is 0 Å². The molecule has 2 heterocycles. The molecule has 1 aliphatic carbocycles. The van der Waals surface area contributed by atoms with Crippen molar-refractivity contribution in [3.05, 3.63) is 64.6 Å². The first-order valence-electron chi connectivity index (χ1n) is 9.15. The lowest BCUT2D eigenvalue weighted by Crippen LogP contribution is -2.31. The largest absolute Gasteiger partial charge is 0.372 e. The molecule has 1 atom stereocenters. The van der Waals surface area contributed by atoms with Gasteiger partial charge in [-0.05, 0) is 60.6 Å². The van der Waals surface area contributed by atoms with Crippen LogP contribution in [0.15, 0.2) is 47.9 Å². The fourth-order valence-corrected chi connectivity index (χ4v) is 4.01. The van der Waals surface area contributed by atoms with Gasteiger partial charge in [-0.2, -0.15) is 0 Å². The van der Waals surface area contributed by atoms with E-state index in [2.05, 4.69) is 55.4 Å². The third-order valence-electron chi connectivity index (χ3n) is 5.45. The Balaban J connectivity index is 1.91. The van der Waals surface area contributed by atoms with Crippen LogP contribution in [0, 0.1) is 19.3 Å². The lowest BCUT2D eigenvalue weighted by atomic mass is 9.73. The SMILES string of the molecule is Cc1cc2c(cc1C)N[C@@H](c1cccnc1)C1=C(CC(C)(C)CC1=O)N2. The highest BCUT2D eigenvalue weighted by atomic mass is 16.1. The zero-order chi connectivity index (χ0) is 18.5. The Morgan fingerprint density at radius 1 is 1.12 bits per heavy atom. The second-order valence-electron chi connectivity index (χ2n) is 8.30. The number of nitrogens with one attached hydrogen (secondary N) is 2. The zero-order valence-corrected chi connectivity index (χ0v) is 15.8. The maximum Gasteiger partial charge on any atom is 0.163 e. The highest BCUT2D eigenvalue weighted by Gasteiger charge is 2.38. The van der Waals surface area contributed by atoms with Crippen molar-refractivity contribution < 1.29 is 4.79 Å². The lowest BCUT2D eigenvalue weighted by Gasteiger charge is -2.34. The molecular weight excluding hydrogens is 322 g/mol. The van der Waals surface area contributed by atoms with Gasteiger partial charge >= 0.3 is 0 Å². The Morgan fingerprint density at radius 2 is 1.85 bits per heavy atom. The number of nitrogens with zero attached hydrogens (tertiary/aromatic N) is 1. The number of carbonyl (C=O) groups excluding carboxylic acids is 1. The standard InChI is InChI=1S/C22H25N3O/c1-13-8-16-17(9-14(13)2)25-21(15-6-5-7-23-12-15)20-18(24-16)10-22(3,4)11-19(20)26/h5-9,12,21,24-25H,10-11H2,1-4H3/t21-/m0/s1. The van der Waals surface area contributed by atoms with Gasteiger partial charge in [-0.15, -0.1) is 0 Å². The Morgan fingerprint density at radius 3 is 2.54 bits per heavy atom. The van der Waals surface area contributed by atoms with Gasteiger partial charge in [0.25, 0.3) is 0 Å². The quantitative estimate of drug-likeness (QED) is 0.769. The smallest absolute Gasteiger partial charge is 0.163 e. The third-order valence-corrected chi connectivity index (χ3v) is 5.45. The van der Waals surface area contributed by atoms with E-state index in [9.17, 15) is 4.79 Å². The molecule has 2 N–H and O–H groups in total. The highest BCUT2D eigenvalue weighted by molar-refractivity contribution is 6.01. The number of hydrogen-bond acceptors (Lipinski definition) is 4. The number of aryl methyl sites for hydroxylation is 2.